The molecule has 0 aliphatic rings. The Morgan fingerprint density at radius 3 is 1.86 bits per heavy atom. The van der Waals surface area contributed by atoms with Crippen molar-refractivity contribution in [2.75, 3.05) is 14.1 Å². The minimum atomic E-state index is -1.31. The normalized spacial score (nSPS) is 10.3. The molecular weight excluding hydrogens is 294 g/mol. The molecule has 21 heavy (non-hydrogen) atoms. The van der Waals surface area contributed by atoms with Crippen LogP contribution in [0.2, 0.25) is 0 Å². The van der Waals surface area contributed by atoms with Crippen molar-refractivity contribution in [3.8, 4) is 0 Å². The lowest BCUT2D eigenvalue weighted by Crippen LogP contribution is -2.26. The molecule has 116 valence electrons. The van der Waals surface area contributed by atoms with Crippen molar-refractivity contribution in [2.45, 2.75) is 12.8 Å². The summed E-state index contributed by atoms with van der Waals surface area (Å²) in [5.41, 5.74) is 0. The van der Waals surface area contributed by atoms with Crippen LogP contribution < -0.4 is 0 Å². The molecule has 0 aliphatic heterocycles. The van der Waals surface area contributed by atoms with Gasteiger partial charge in [-0.2, -0.15) is 10.0 Å². The summed E-state index contributed by atoms with van der Waals surface area (Å²) in [6.07, 6.45) is -3.48. The van der Waals surface area contributed by atoms with Gasteiger partial charge in [-0.15, -0.1) is 9.81 Å². The molecule has 13 nitrogen and oxygen atoms in total. The number of ether oxygens (including phenoxy) is 2. The third-order valence-corrected chi connectivity index (χ3v) is 1.83. The molecule has 0 spiro atoms. The molecule has 0 aromatic carbocycles. The van der Waals surface area contributed by atoms with E-state index in [1.165, 1.54) is 0 Å². The maximum atomic E-state index is 11.2. The predicted molar refractivity (Wildman–Crippen MR) is 63.5 cm³/mol. The molecule has 0 radical (unpaired) electrons. The molecule has 0 atom stereocenters. The monoisotopic (exact) mass is 305 g/mol. The Balaban J connectivity index is 4.32. The van der Waals surface area contributed by atoms with Gasteiger partial charge in [-0.1, -0.05) is 5.16 Å². The van der Waals surface area contributed by atoms with Crippen LogP contribution in [0.4, 0.5) is 9.59 Å². The van der Waals surface area contributed by atoms with E-state index < -0.39 is 36.9 Å². The Morgan fingerprint density at radius 1 is 0.952 bits per heavy atom. The Morgan fingerprint density at radius 2 is 1.43 bits per heavy atom. The van der Waals surface area contributed by atoms with Gasteiger partial charge in [0.05, 0.1) is 17.0 Å². The molecule has 0 aliphatic carbocycles. The molecule has 0 aromatic rings. The van der Waals surface area contributed by atoms with Crippen LogP contribution in [0.3, 0.4) is 0 Å². The van der Waals surface area contributed by atoms with Crippen LogP contribution in [0.25, 0.3) is 0 Å². The first-order chi connectivity index (χ1) is 9.85. The fraction of sp³-hybridized carbons (Fsp3) is 0.500. The lowest BCUT2D eigenvalue weighted by molar-refractivity contribution is -0.138. The lowest BCUT2D eigenvalue weighted by atomic mass is 10.3. The second kappa shape index (κ2) is 8.89. The maximum absolute atomic E-state index is 11.2. The summed E-state index contributed by atoms with van der Waals surface area (Å²) >= 11 is 0. The average molecular weight is 305 g/mol. The van der Waals surface area contributed by atoms with Crippen LogP contribution in [-0.4, -0.2) is 53.4 Å². The van der Waals surface area contributed by atoms with Crippen molar-refractivity contribution in [3.63, 3.8) is 0 Å². The van der Waals surface area contributed by atoms with Gasteiger partial charge in [0, 0.05) is 20.5 Å². The molecule has 0 saturated carbocycles. The van der Waals surface area contributed by atoms with Crippen LogP contribution in [0.1, 0.15) is 12.8 Å². The Labute approximate surface area is 116 Å². The first-order valence-corrected chi connectivity index (χ1v) is 5.17. The van der Waals surface area contributed by atoms with Crippen LogP contribution >= 0.6 is 0 Å². The largest absolute Gasteiger partial charge is 0.440 e. The molecule has 0 rings (SSSR count). The zero-order valence-electron chi connectivity index (χ0n) is 11.0. The highest BCUT2D eigenvalue weighted by atomic mass is 16.6. The Bertz CT molecular complexity index is 464. The van der Waals surface area contributed by atoms with Crippen molar-refractivity contribution in [3.05, 3.63) is 9.81 Å². The SMILES string of the molecule is CN(N=O)C(=O)OC(=O)CC/C(=N/O)OC(=O)N(C)N=O. The zero-order valence-corrected chi connectivity index (χ0v) is 11.0. The summed E-state index contributed by atoms with van der Waals surface area (Å²) in [4.78, 5) is 53.3. The molecule has 0 fully saturated rings. The number of hydrogen-bond acceptors (Lipinski definition) is 11. The number of nitroso groups, excluding NO2 is 2. The van der Waals surface area contributed by atoms with Gasteiger partial charge in [0.1, 0.15) is 0 Å². The van der Waals surface area contributed by atoms with E-state index in [-0.39, 0.29) is 10.0 Å². The van der Waals surface area contributed by atoms with Crippen molar-refractivity contribution in [1.29, 1.82) is 0 Å². The number of carbonyl (C=O) groups is 3. The van der Waals surface area contributed by atoms with E-state index in [0.717, 1.165) is 14.1 Å². The van der Waals surface area contributed by atoms with E-state index in [9.17, 15) is 24.2 Å². The summed E-state index contributed by atoms with van der Waals surface area (Å²) in [5.74, 6) is -1.70. The van der Waals surface area contributed by atoms with Gasteiger partial charge in [-0.25, -0.2) is 9.59 Å². The third kappa shape index (κ3) is 6.55. The topological polar surface area (TPSA) is 168 Å². The predicted octanol–water partition coefficient (Wildman–Crippen LogP) is 0.581. The van der Waals surface area contributed by atoms with Crippen LogP contribution in [-0.2, 0) is 14.3 Å². The fourth-order valence-corrected chi connectivity index (χ4v) is 0.778. The summed E-state index contributed by atoms with van der Waals surface area (Å²) in [5, 5.41) is 16.1. The summed E-state index contributed by atoms with van der Waals surface area (Å²) in [7, 11) is 1.95. The lowest BCUT2D eigenvalue weighted by Gasteiger charge is -2.09. The number of esters is 1. The second-order valence-corrected chi connectivity index (χ2v) is 3.31. The molecule has 0 bridgehead atoms. The van der Waals surface area contributed by atoms with Crippen LogP contribution in [0.5, 0.6) is 0 Å². The molecule has 2 amide bonds. The first-order valence-electron chi connectivity index (χ1n) is 5.17. The number of rotatable bonds is 5. The molecule has 13 heteroatoms. The average Bonchev–Trinajstić information content (AvgIpc) is 2.48. The van der Waals surface area contributed by atoms with Crippen molar-refractivity contribution in [1.82, 2.24) is 10.0 Å². The Hall–Kier alpha value is -3.12. The maximum Gasteiger partial charge on any atom is 0.440 e. The first kappa shape index (κ1) is 17.9. The van der Waals surface area contributed by atoms with Gasteiger partial charge < -0.3 is 14.7 Å². The minimum Gasteiger partial charge on any atom is -0.408 e. The minimum absolute atomic E-state index is 0.240. The zero-order chi connectivity index (χ0) is 16.4. The van der Waals surface area contributed by atoms with E-state index in [0.29, 0.717) is 0 Å². The molecule has 0 saturated heterocycles. The molecule has 0 unspecified atom stereocenters. The quantitative estimate of drug-likeness (QED) is 0.146. The Kier molecular flexibility index (Phi) is 7.57. The molecule has 0 aromatic heterocycles. The highest BCUT2D eigenvalue weighted by Crippen LogP contribution is 2.02. The van der Waals surface area contributed by atoms with Gasteiger partial charge in [-0.3, -0.25) is 4.79 Å². The van der Waals surface area contributed by atoms with E-state index in [2.05, 4.69) is 25.2 Å². The number of nitrogens with zero attached hydrogens (tertiary/aromatic N) is 5. The highest BCUT2D eigenvalue weighted by Gasteiger charge is 2.19. The number of amides is 2. The molecule has 1 N–H and O–H groups in total. The van der Waals surface area contributed by atoms with E-state index >= 15 is 0 Å². The van der Waals surface area contributed by atoms with Crippen LogP contribution in [0.15, 0.2) is 15.7 Å². The fourth-order valence-electron chi connectivity index (χ4n) is 0.778. The van der Waals surface area contributed by atoms with Gasteiger partial charge in [0.15, 0.2) is 0 Å². The van der Waals surface area contributed by atoms with Crippen LogP contribution in [0, 0.1) is 9.81 Å². The van der Waals surface area contributed by atoms with Crippen molar-refractivity contribution in [2.24, 2.45) is 15.7 Å². The number of hydrogen-bond donors (Lipinski definition) is 1. The van der Waals surface area contributed by atoms with E-state index in [1.807, 2.05) is 0 Å². The smallest absolute Gasteiger partial charge is 0.408 e. The third-order valence-electron chi connectivity index (χ3n) is 1.83. The van der Waals surface area contributed by atoms with E-state index in [1.54, 1.807) is 0 Å². The van der Waals surface area contributed by atoms with Gasteiger partial charge in [0.2, 0.25) is 5.90 Å². The summed E-state index contributed by atoms with van der Waals surface area (Å²) in [6, 6.07) is 0. The van der Waals surface area contributed by atoms with Gasteiger partial charge in [-0.05, 0) is 0 Å². The standard InChI is InChI=1S/C8H11N5O8/c1-12(10-18)7(15)20-5(9-17)3-4-6(14)21-8(16)13(2)11-19/h17H,3-4H2,1-2H3/b9-5-. The molecule has 0 heterocycles. The summed E-state index contributed by atoms with van der Waals surface area (Å²) < 4.78 is 8.57. The van der Waals surface area contributed by atoms with Crippen molar-refractivity contribution < 1.29 is 29.1 Å². The molecular formula is C8H11N5O8. The highest BCUT2D eigenvalue weighted by molar-refractivity contribution is 5.91. The summed E-state index contributed by atoms with van der Waals surface area (Å²) in [6.45, 7) is 0. The van der Waals surface area contributed by atoms with Crippen molar-refractivity contribution >= 4 is 24.1 Å². The second-order valence-electron chi connectivity index (χ2n) is 3.31. The number of oxime groups is 1. The van der Waals surface area contributed by atoms with Gasteiger partial charge in [0.25, 0.3) is 0 Å². The van der Waals surface area contributed by atoms with Gasteiger partial charge >= 0.3 is 18.2 Å². The number of carbonyl (C=O) groups excluding carboxylic acids is 3. The van der Waals surface area contributed by atoms with E-state index in [4.69, 9.17) is 5.21 Å².